The van der Waals surface area contributed by atoms with Gasteiger partial charge in [-0.3, -0.25) is 4.79 Å². The molecule has 3 amide bonds. The Bertz CT molecular complexity index is 280. The van der Waals surface area contributed by atoms with Crippen LogP contribution in [0.25, 0.3) is 0 Å². The third kappa shape index (κ3) is 5.18. The zero-order chi connectivity index (χ0) is 12.7. The largest absolute Gasteiger partial charge is 0.480 e. The van der Waals surface area contributed by atoms with Crippen LogP contribution in [0.4, 0.5) is 4.79 Å². The van der Waals surface area contributed by atoms with Gasteiger partial charge in [0.2, 0.25) is 5.91 Å². The van der Waals surface area contributed by atoms with Gasteiger partial charge >= 0.3 is 12.0 Å². The number of amides is 3. The third-order valence-corrected chi connectivity index (χ3v) is 1.91. The van der Waals surface area contributed by atoms with Crippen LogP contribution in [-0.4, -0.2) is 47.5 Å². The molecule has 0 aliphatic carbocycles. The molecule has 0 aromatic carbocycles. The lowest BCUT2D eigenvalue weighted by Gasteiger charge is -2.20. The molecule has 0 heterocycles. The van der Waals surface area contributed by atoms with E-state index in [1.807, 2.05) is 6.92 Å². The highest BCUT2D eigenvalue weighted by Gasteiger charge is 2.23. The number of hydrogen-bond acceptors (Lipinski definition) is 3. The maximum absolute atomic E-state index is 11.4. The van der Waals surface area contributed by atoms with Gasteiger partial charge in [0, 0.05) is 13.6 Å². The smallest absolute Gasteiger partial charge is 0.326 e. The molecule has 0 saturated carbocycles. The molecule has 0 radical (unpaired) electrons. The second-order valence-electron chi connectivity index (χ2n) is 3.43. The zero-order valence-electron chi connectivity index (χ0n) is 9.40. The second-order valence-corrected chi connectivity index (χ2v) is 3.43. The number of nitrogens with one attached hydrogen (secondary N) is 1. The number of carboxylic acid groups (broad SMARTS) is 1. The topological polar surface area (TPSA) is 113 Å². The van der Waals surface area contributed by atoms with Gasteiger partial charge in [-0.25, -0.2) is 9.59 Å². The molecule has 0 rings (SSSR count). The lowest BCUT2D eigenvalue weighted by molar-refractivity contribution is -0.140. The molecule has 0 fully saturated rings. The van der Waals surface area contributed by atoms with E-state index in [1.165, 1.54) is 4.90 Å². The number of carbonyl (C=O) groups excluding carboxylic acids is 2. The van der Waals surface area contributed by atoms with Crippen molar-refractivity contribution in [2.45, 2.75) is 25.8 Å². The van der Waals surface area contributed by atoms with Gasteiger partial charge in [-0.2, -0.15) is 0 Å². The first kappa shape index (κ1) is 14.2. The summed E-state index contributed by atoms with van der Waals surface area (Å²) in [7, 11) is 1.54. The molecule has 0 bridgehead atoms. The normalized spacial score (nSPS) is 11.6. The van der Waals surface area contributed by atoms with E-state index in [0.29, 0.717) is 6.54 Å². The van der Waals surface area contributed by atoms with Gasteiger partial charge in [0.05, 0.1) is 6.42 Å². The lowest BCUT2D eigenvalue weighted by atomic mass is 10.2. The predicted molar refractivity (Wildman–Crippen MR) is 56.7 cm³/mol. The van der Waals surface area contributed by atoms with Crippen LogP contribution in [0.1, 0.15) is 19.8 Å². The highest BCUT2D eigenvalue weighted by molar-refractivity contribution is 5.87. The highest BCUT2D eigenvalue weighted by atomic mass is 16.4. The van der Waals surface area contributed by atoms with E-state index < -0.39 is 30.4 Å². The lowest BCUT2D eigenvalue weighted by Crippen LogP contribution is -2.48. The quantitative estimate of drug-likeness (QED) is 0.564. The monoisotopic (exact) mass is 231 g/mol. The first-order chi connectivity index (χ1) is 7.38. The predicted octanol–water partition coefficient (Wildman–Crippen LogP) is -0.634. The van der Waals surface area contributed by atoms with Crippen molar-refractivity contribution in [3.05, 3.63) is 0 Å². The maximum Gasteiger partial charge on any atom is 0.326 e. The molecule has 0 aromatic heterocycles. The molecule has 0 unspecified atom stereocenters. The summed E-state index contributed by atoms with van der Waals surface area (Å²) in [5, 5.41) is 11.0. The van der Waals surface area contributed by atoms with Gasteiger partial charge in [-0.1, -0.05) is 6.92 Å². The van der Waals surface area contributed by atoms with Crippen LogP contribution in [0, 0.1) is 0 Å². The first-order valence-corrected chi connectivity index (χ1v) is 4.91. The van der Waals surface area contributed by atoms with Crippen molar-refractivity contribution in [3.63, 3.8) is 0 Å². The Morgan fingerprint density at radius 1 is 1.44 bits per heavy atom. The SMILES string of the molecule is CCCN(C)C(=O)N[C@@H](CC(N)=O)C(=O)O. The average molecular weight is 231 g/mol. The summed E-state index contributed by atoms with van der Waals surface area (Å²) in [6.07, 6.45) is 0.346. The Morgan fingerprint density at radius 3 is 2.38 bits per heavy atom. The van der Waals surface area contributed by atoms with Crippen molar-refractivity contribution >= 4 is 17.9 Å². The van der Waals surface area contributed by atoms with Gasteiger partial charge in [0.25, 0.3) is 0 Å². The molecule has 0 aliphatic rings. The molecule has 0 aliphatic heterocycles. The number of carboxylic acids is 1. The molecule has 7 nitrogen and oxygen atoms in total. The number of nitrogens with zero attached hydrogens (tertiary/aromatic N) is 1. The highest BCUT2D eigenvalue weighted by Crippen LogP contribution is 1.95. The van der Waals surface area contributed by atoms with Crippen molar-refractivity contribution in [1.29, 1.82) is 0 Å². The minimum absolute atomic E-state index is 0.416. The van der Waals surface area contributed by atoms with Crippen LogP contribution in [0.15, 0.2) is 0 Å². The van der Waals surface area contributed by atoms with Crippen molar-refractivity contribution in [3.8, 4) is 0 Å². The molecule has 92 valence electrons. The third-order valence-electron chi connectivity index (χ3n) is 1.91. The van der Waals surface area contributed by atoms with Crippen LogP contribution in [-0.2, 0) is 9.59 Å². The molecule has 4 N–H and O–H groups in total. The summed E-state index contributed by atoms with van der Waals surface area (Å²) in [5.74, 6) is -2.05. The molecule has 0 saturated heterocycles. The summed E-state index contributed by atoms with van der Waals surface area (Å²) in [6, 6.07) is -1.81. The molecular weight excluding hydrogens is 214 g/mol. The summed E-state index contributed by atoms with van der Waals surface area (Å²) in [6.45, 7) is 2.40. The number of carbonyl (C=O) groups is 3. The van der Waals surface area contributed by atoms with Crippen LogP contribution in [0.2, 0.25) is 0 Å². The fraction of sp³-hybridized carbons (Fsp3) is 0.667. The second kappa shape index (κ2) is 6.65. The Morgan fingerprint density at radius 2 is 2.00 bits per heavy atom. The van der Waals surface area contributed by atoms with Crippen molar-refractivity contribution in [1.82, 2.24) is 10.2 Å². The van der Waals surface area contributed by atoms with E-state index >= 15 is 0 Å². The fourth-order valence-electron chi connectivity index (χ4n) is 1.10. The average Bonchev–Trinajstić information content (AvgIpc) is 2.16. The molecule has 0 spiro atoms. The van der Waals surface area contributed by atoms with Gasteiger partial charge in [-0.15, -0.1) is 0 Å². The van der Waals surface area contributed by atoms with Crippen LogP contribution < -0.4 is 11.1 Å². The zero-order valence-corrected chi connectivity index (χ0v) is 9.40. The first-order valence-electron chi connectivity index (χ1n) is 4.91. The van der Waals surface area contributed by atoms with Crippen LogP contribution >= 0.6 is 0 Å². The van der Waals surface area contributed by atoms with Gasteiger partial charge < -0.3 is 21.1 Å². The number of primary amides is 1. The van der Waals surface area contributed by atoms with E-state index in [2.05, 4.69) is 5.32 Å². The molecule has 1 atom stereocenters. The van der Waals surface area contributed by atoms with Gasteiger partial charge in [0.15, 0.2) is 0 Å². The van der Waals surface area contributed by atoms with Crippen molar-refractivity contribution < 1.29 is 19.5 Å². The minimum atomic E-state index is -1.28. The number of aliphatic carboxylic acids is 1. The van der Waals surface area contributed by atoms with E-state index in [9.17, 15) is 14.4 Å². The summed E-state index contributed by atoms with van der Waals surface area (Å²) in [5.41, 5.74) is 4.87. The summed E-state index contributed by atoms with van der Waals surface area (Å²) < 4.78 is 0. The van der Waals surface area contributed by atoms with E-state index in [1.54, 1.807) is 7.05 Å². The van der Waals surface area contributed by atoms with Crippen LogP contribution in [0.5, 0.6) is 0 Å². The Balaban J connectivity index is 4.34. The Kier molecular flexibility index (Phi) is 5.91. The minimum Gasteiger partial charge on any atom is -0.480 e. The number of hydrogen-bond donors (Lipinski definition) is 3. The summed E-state index contributed by atoms with van der Waals surface area (Å²) in [4.78, 5) is 34.1. The molecular formula is C9H17N3O4. The van der Waals surface area contributed by atoms with Crippen molar-refractivity contribution in [2.75, 3.05) is 13.6 Å². The standard InChI is InChI=1S/C9H17N3O4/c1-3-4-12(2)9(16)11-6(8(14)15)5-7(10)13/h6H,3-5H2,1-2H3,(H2,10,13)(H,11,16)(H,14,15)/t6-/m0/s1. The van der Waals surface area contributed by atoms with Gasteiger partial charge in [0.1, 0.15) is 6.04 Å². The molecule has 16 heavy (non-hydrogen) atoms. The van der Waals surface area contributed by atoms with Crippen molar-refractivity contribution in [2.24, 2.45) is 5.73 Å². The van der Waals surface area contributed by atoms with E-state index in [4.69, 9.17) is 10.8 Å². The van der Waals surface area contributed by atoms with E-state index in [0.717, 1.165) is 6.42 Å². The molecule has 0 aromatic rings. The number of rotatable bonds is 6. The maximum atomic E-state index is 11.4. The Labute approximate surface area is 93.6 Å². The van der Waals surface area contributed by atoms with Crippen LogP contribution in [0.3, 0.4) is 0 Å². The molecule has 7 heteroatoms. The Hall–Kier alpha value is -1.79. The number of nitrogens with two attached hydrogens (primary N) is 1. The number of urea groups is 1. The fourth-order valence-corrected chi connectivity index (χ4v) is 1.10. The van der Waals surface area contributed by atoms with E-state index in [-0.39, 0.29) is 0 Å². The van der Waals surface area contributed by atoms with Gasteiger partial charge in [-0.05, 0) is 6.42 Å². The summed E-state index contributed by atoms with van der Waals surface area (Å²) >= 11 is 0.